The van der Waals surface area contributed by atoms with Crippen LogP contribution in [0.2, 0.25) is 0 Å². The number of aryl methyl sites for hydroxylation is 1. The Balaban J connectivity index is 2.39. The smallest absolute Gasteiger partial charge is 0.321 e. The molecular weight excluding hydrogens is 206 g/mol. The minimum Gasteiger partial charge on any atom is -0.480 e. The summed E-state index contributed by atoms with van der Waals surface area (Å²) in [6.45, 7) is 3.67. The normalized spacial score (nSPS) is 17.2. The molecule has 88 valence electrons. The highest BCUT2D eigenvalue weighted by molar-refractivity contribution is 5.75. The van der Waals surface area contributed by atoms with Gasteiger partial charge in [-0.25, -0.2) is 0 Å². The van der Waals surface area contributed by atoms with Crippen LogP contribution in [0.4, 0.5) is 0 Å². The van der Waals surface area contributed by atoms with Crippen molar-refractivity contribution in [1.82, 2.24) is 10.2 Å². The summed E-state index contributed by atoms with van der Waals surface area (Å²) in [5.41, 5.74) is 8.21. The van der Waals surface area contributed by atoms with E-state index in [1.54, 1.807) is 0 Å². The van der Waals surface area contributed by atoms with Crippen LogP contribution in [-0.4, -0.2) is 27.3 Å². The zero-order valence-corrected chi connectivity index (χ0v) is 9.58. The molecule has 1 aromatic heterocycles. The standard InChI is InChI=1S/C11H17N3O2/c1-11(2,8(12)10(15)16)9-6-4-3-5-7(6)13-14-9/h8H,3-5,12H2,1-2H3,(H,13,14)(H,15,16). The van der Waals surface area contributed by atoms with E-state index < -0.39 is 17.4 Å². The van der Waals surface area contributed by atoms with E-state index in [2.05, 4.69) is 10.2 Å². The van der Waals surface area contributed by atoms with E-state index in [0.717, 1.165) is 30.7 Å². The Bertz CT molecular complexity index is 423. The number of hydrogen-bond acceptors (Lipinski definition) is 3. The van der Waals surface area contributed by atoms with Gasteiger partial charge in [0.1, 0.15) is 6.04 Å². The SMILES string of the molecule is CC(C)(c1n[nH]c2c1CCC2)C(N)C(=O)O. The molecule has 2 rings (SSSR count). The predicted octanol–water partition coefficient (Wildman–Crippen LogP) is 0.588. The van der Waals surface area contributed by atoms with Crippen LogP contribution >= 0.6 is 0 Å². The first-order valence-corrected chi connectivity index (χ1v) is 5.49. The number of carboxylic acids is 1. The van der Waals surface area contributed by atoms with Gasteiger partial charge in [-0.3, -0.25) is 9.89 Å². The molecule has 0 radical (unpaired) electrons. The maximum absolute atomic E-state index is 11.0. The van der Waals surface area contributed by atoms with Crippen LogP contribution in [0.1, 0.15) is 37.2 Å². The van der Waals surface area contributed by atoms with Crippen molar-refractivity contribution in [2.45, 2.75) is 44.6 Å². The molecule has 1 unspecified atom stereocenters. The summed E-state index contributed by atoms with van der Waals surface area (Å²) in [5.74, 6) is -0.986. The molecule has 0 fully saturated rings. The number of aromatic amines is 1. The molecule has 1 aliphatic carbocycles. The van der Waals surface area contributed by atoms with E-state index in [4.69, 9.17) is 10.8 Å². The molecule has 0 saturated heterocycles. The Hall–Kier alpha value is -1.36. The third-order valence-corrected chi connectivity index (χ3v) is 3.46. The summed E-state index contributed by atoms with van der Waals surface area (Å²) in [6, 6.07) is -0.930. The quantitative estimate of drug-likeness (QED) is 0.699. The van der Waals surface area contributed by atoms with Gasteiger partial charge in [0.05, 0.1) is 5.69 Å². The van der Waals surface area contributed by atoms with Crippen molar-refractivity contribution in [3.8, 4) is 0 Å². The monoisotopic (exact) mass is 223 g/mol. The van der Waals surface area contributed by atoms with E-state index in [-0.39, 0.29) is 0 Å². The van der Waals surface area contributed by atoms with Crippen LogP contribution in [0.15, 0.2) is 0 Å². The lowest BCUT2D eigenvalue weighted by Gasteiger charge is -2.27. The highest BCUT2D eigenvalue weighted by Gasteiger charge is 2.38. The molecule has 1 heterocycles. The molecule has 4 N–H and O–H groups in total. The largest absolute Gasteiger partial charge is 0.480 e. The highest BCUT2D eigenvalue weighted by Crippen LogP contribution is 2.33. The summed E-state index contributed by atoms with van der Waals surface area (Å²) in [7, 11) is 0. The van der Waals surface area contributed by atoms with Gasteiger partial charge in [-0.1, -0.05) is 13.8 Å². The Labute approximate surface area is 94.0 Å². The fourth-order valence-corrected chi connectivity index (χ4v) is 2.31. The van der Waals surface area contributed by atoms with Crippen molar-refractivity contribution in [2.24, 2.45) is 5.73 Å². The summed E-state index contributed by atoms with van der Waals surface area (Å²) in [4.78, 5) is 11.0. The van der Waals surface area contributed by atoms with Crippen molar-refractivity contribution in [2.75, 3.05) is 0 Å². The molecule has 1 aromatic rings. The maximum Gasteiger partial charge on any atom is 0.321 e. The van der Waals surface area contributed by atoms with Crippen molar-refractivity contribution in [3.05, 3.63) is 17.0 Å². The fraction of sp³-hybridized carbons (Fsp3) is 0.636. The number of nitrogens with zero attached hydrogens (tertiary/aromatic N) is 1. The second kappa shape index (κ2) is 3.59. The zero-order chi connectivity index (χ0) is 11.9. The van der Waals surface area contributed by atoms with Crippen molar-refractivity contribution in [3.63, 3.8) is 0 Å². The summed E-state index contributed by atoms with van der Waals surface area (Å²) in [6.07, 6.45) is 3.08. The van der Waals surface area contributed by atoms with E-state index in [0.29, 0.717) is 0 Å². The van der Waals surface area contributed by atoms with Gasteiger partial charge >= 0.3 is 5.97 Å². The lowest BCUT2D eigenvalue weighted by atomic mass is 9.79. The average molecular weight is 223 g/mol. The summed E-state index contributed by atoms with van der Waals surface area (Å²) in [5, 5.41) is 16.2. The third kappa shape index (κ3) is 1.51. The second-order valence-electron chi connectivity index (χ2n) is 4.92. The molecule has 0 aromatic carbocycles. The van der Waals surface area contributed by atoms with E-state index in [1.165, 1.54) is 5.56 Å². The first-order valence-electron chi connectivity index (χ1n) is 5.49. The molecule has 0 aliphatic heterocycles. The van der Waals surface area contributed by atoms with Crippen LogP contribution in [0.5, 0.6) is 0 Å². The van der Waals surface area contributed by atoms with Gasteiger partial charge in [-0.2, -0.15) is 5.10 Å². The molecule has 1 aliphatic rings. The van der Waals surface area contributed by atoms with E-state index in [1.807, 2.05) is 13.8 Å². The number of fused-ring (bicyclic) bond motifs is 1. The number of hydrogen-bond donors (Lipinski definition) is 3. The average Bonchev–Trinajstić information content (AvgIpc) is 2.76. The first kappa shape index (κ1) is 11.1. The van der Waals surface area contributed by atoms with Crippen molar-refractivity contribution < 1.29 is 9.90 Å². The summed E-state index contributed by atoms with van der Waals surface area (Å²) >= 11 is 0. The summed E-state index contributed by atoms with van der Waals surface area (Å²) < 4.78 is 0. The van der Waals surface area contributed by atoms with Crippen molar-refractivity contribution in [1.29, 1.82) is 0 Å². The topological polar surface area (TPSA) is 92.0 Å². The number of rotatable bonds is 3. The van der Waals surface area contributed by atoms with Crippen molar-refractivity contribution >= 4 is 5.97 Å². The molecule has 0 amide bonds. The molecule has 1 atom stereocenters. The molecule has 0 spiro atoms. The van der Waals surface area contributed by atoms with Gasteiger partial charge in [-0.05, 0) is 24.8 Å². The Morgan fingerprint density at radius 2 is 2.25 bits per heavy atom. The minimum absolute atomic E-state index is 0.639. The van der Waals surface area contributed by atoms with Gasteiger partial charge in [0.2, 0.25) is 0 Å². The van der Waals surface area contributed by atoms with Gasteiger partial charge in [0, 0.05) is 11.1 Å². The molecule has 16 heavy (non-hydrogen) atoms. The number of H-pyrrole nitrogens is 1. The fourth-order valence-electron chi connectivity index (χ4n) is 2.31. The van der Waals surface area contributed by atoms with Gasteiger partial charge < -0.3 is 10.8 Å². The Morgan fingerprint density at radius 1 is 1.56 bits per heavy atom. The molecular formula is C11H17N3O2. The number of aliphatic carboxylic acids is 1. The van der Waals surface area contributed by atoms with Crippen LogP contribution in [0.3, 0.4) is 0 Å². The van der Waals surface area contributed by atoms with E-state index >= 15 is 0 Å². The maximum atomic E-state index is 11.0. The highest BCUT2D eigenvalue weighted by atomic mass is 16.4. The number of aromatic nitrogens is 2. The molecule has 0 bridgehead atoms. The lowest BCUT2D eigenvalue weighted by Crippen LogP contribution is -2.47. The van der Waals surface area contributed by atoms with Gasteiger partial charge in [0.15, 0.2) is 0 Å². The first-order chi connectivity index (χ1) is 7.44. The lowest BCUT2D eigenvalue weighted by molar-refractivity contribution is -0.140. The van der Waals surface area contributed by atoms with Crippen LogP contribution in [-0.2, 0) is 23.1 Å². The zero-order valence-electron chi connectivity index (χ0n) is 9.58. The predicted molar refractivity (Wildman–Crippen MR) is 59.2 cm³/mol. The van der Waals surface area contributed by atoms with E-state index in [9.17, 15) is 4.79 Å². The van der Waals surface area contributed by atoms with Crippen LogP contribution in [0.25, 0.3) is 0 Å². The second-order valence-corrected chi connectivity index (χ2v) is 4.92. The number of nitrogens with two attached hydrogens (primary N) is 1. The van der Waals surface area contributed by atoms with Crippen LogP contribution in [0, 0.1) is 0 Å². The number of carboxylic acid groups (broad SMARTS) is 1. The molecule has 0 saturated carbocycles. The van der Waals surface area contributed by atoms with Gasteiger partial charge in [-0.15, -0.1) is 0 Å². The van der Waals surface area contributed by atoms with Crippen LogP contribution < -0.4 is 5.73 Å². The molecule has 5 heteroatoms. The minimum atomic E-state index is -0.986. The Morgan fingerprint density at radius 3 is 2.88 bits per heavy atom. The third-order valence-electron chi connectivity index (χ3n) is 3.46. The molecule has 5 nitrogen and oxygen atoms in total. The number of carbonyl (C=O) groups is 1. The Kier molecular flexibility index (Phi) is 2.50. The number of nitrogens with one attached hydrogen (secondary N) is 1. The van der Waals surface area contributed by atoms with Gasteiger partial charge in [0.25, 0.3) is 0 Å².